The number of aliphatic carboxylic acids is 1. The van der Waals surface area contributed by atoms with Gasteiger partial charge in [-0.15, -0.1) is 12.5 Å². The minimum Gasteiger partial charge on any atom is -0.550 e. The molecule has 7 atom stereocenters. The summed E-state index contributed by atoms with van der Waals surface area (Å²) >= 11 is 0. The largest absolute Gasteiger partial charge is 1.00 e. The van der Waals surface area contributed by atoms with Crippen LogP contribution in [-0.2, 0) is 9.53 Å². The molecule has 0 aromatic carbocycles. The van der Waals surface area contributed by atoms with Crippen LogP contribution in [0, 0.1) is 35.5 Å². The Balaban J connectivity index is 0.00000450. The first-order valence-electron chi connectivity index (χ1n) is 10.1. The van der Waals surface area contributed by atoms with Crippen LogP contribution in [0.2, 0.25) is 0 Å². The number of rotatable bonds is 8. The predicted molar refractivity (Wildman–Crippen MR) is 101 cm³/mol. The predicted octanol–water partition coefficient (Wildman–Crippen LogP) is -0.962. The Morgan fingerprint density at radius 3 is 2.73 bits per heavy atom. The number of carboxylic acid groups (broad SMARTS) is 1. The normalized spacial score (nSPS) is 30.8. The molecule has 0 spiro atoms. The molecule has 1 heterocycles. The Labute approximate surface area is 198 Å². The van der Waals surface area contributed by atoms with E-state index in [2.05, 4.69) is 18.4 Å². The maximum Gasteiger partial charge on any atom is 1.00 e. The summed E-state index contributed by atoms with van der Waals surface area (Å²) in [4.78, 5) is 10.5. The van der Waals surface area contributed by atoms with E-state index in [0.717, 1.165) is 0 Å². The summed E-state index contributed by atoms with van der Waals surface area (Å²) in [5.74, 6) is -2.38. The Hall–Kier alpha value is -0.910. The smallest absolute Gasteiger partial charge is 0.550 e. The van der Waals surface area contributed by atoms with Gasteiger partial charge in [0.25, 0.3) is 0 Å². The number of aliphatic hydroxyl groups is 2. The number of unbranched alkanes of at least 4 members (excludes halogenated alkanes) is 1. The van der Waals surface area contributed by atoms with Gasteiger partial charge in [-0.3, -0.25) is 0 Å². The zero-order valence-electron chi connectivity index (χ0n) is 17.8. The maximum absolute atomic E-state index is 15.2. The van der Waals surface area contributed by atoms with E-state index in [4.69, 9.17) is 4.74 Å². The van der Waals surface area contributed by atoms with Crippen LogP contribution in [0.3, 0.4) is 0 Å². The Morgan fingerprint density at radius 2 is 2.17 bits per heavy atom. The summed E-state index contributed by atoms with van der Waals surface area (Å²) in [5, 5.41) is 31.3. The van der Waals surface area contributed by atoms with Crippen LogP contribution in [-0.4, -0.2) is 40.4 Å². The van der Waals surface area contributed by atoms with Crippen molar-refractivity contribution in [1.82, 2.24) is 0 Å². The molecule has 2 rings (SSSR count). The van der Waals surface area contributed by atoms with E-state index in [1.54, 1.807) is 6.92 Å². The molecule has 8 heteroatoms. The van der Waals surface area contributed by atoms with Crippen molar-refractivity contribution >= 4 is 5.97 Å². The first-order chi connectivity index (χ1) is 13.6. The van der Waals surface area contributed by atoms with Crippen molar-refractivity contribution in [2.24, 2.45) is 23.7 Å². The van der Waals surface area contributed by atoms with Crippen LogP contribution in [0.15, 0.2) is 24.5 Å². The van der Waals surface area contributed by atoms with E-state index in [9.17, 15) is 20.1 Å². The van der Waals surface area contributed by atoms with Gasteiger partial charge in [-0.2, -0.15) is 8.78 Å². The van der Waals surface area contributed by atoms with Crippen molar-refractivity contribution in [2.45, 2.75) is 70.2 Å². The number of halogens is 2. The molecule has 30 heavy (non-hydrogen) atoms. The number of carbonyl (C=O) groups is 1. The summed E-state index contributed by atoms with van der Waals surface area (Å²) in [7, 11) is 0. The van der Waals surface area contributed by atoms with E-state index in [-0.39, 0.29) is 55.2 Å². The minimum atomic E-state index is -3.31. The molecule has 0 amide bonds. The Kier molecular flexibility index (Phi) is 10.5. The number of hydrogen-bond donors (Lipinski definition) is 2. The molecule has 0 aromatic heterocycles. The molecule has 162 valence electrons. The molecule has 2 aliphatic rings. The van der Waals surface area contributed by atoms with Crippen molar-refractivity contribution in [2.75, 3.05) is 0 Å². The first kappa shape index (κ1) is 27.1. The van der Waals surface area contributed by atoms with Gasteiger partial charge in [0.2, 0.25) is 0 Å². The first-order valence-corrected chi connectivity index (χ1v) is 10.1. The minimum absolute atomic E-state index is 0. The van der Waals surface area contributed by atoms with E-state index in [0.29, 0.717) is 6.42 Å². The number of fused-ring (bicyclic) bond motifs is 1. The molecule has 1 unspecified atom stereocenters. The molecule has 0 aromatic rings. The van der Waals surface area contributed by atoms with Gasteiger partial charge in [-0.25, -0.2) is 0 Å². The van der Waals surface area contributed by atoms with Crippen molar-refractivity contribution < 1.29 is 63.2 Å². The van der Waals surface area contributed by atoms with Gasteiger partial charge in [-0.1, -0.05) is 25.8 Å². The third kappa shape index (κ3) is 5.86. The van der Waals surface area contributed by atoms with Crippen LogP contribution in [0.25, 0.3) is 0 Å². The summed E-state index contributed by atoms with van der Waals surface area (Å²) in [5.41, 5.74) is 0. The second-order valence-electron chi connectivity index (χ2n) is 7.80. The van der Waals surface area contributed by atoms with Crippen LogP contribution in [0.5, 0.6) is 0 Å². The molecule has 1 saturated heterocycles. The molecule has 1 aliphatic carbocycles. The number of carbonyl (C=O) groups excluding carboxylic acids is 1. The average Bonchev–Trinajstić information content (AvgIpc) is 3.11. The van der Waals surface area contributed by atoms with Gasteiger partial charge in [-0.05, 0) is 31.3 Å². The van der Waals surface area contributed by atoms with Crippen LogP contribution >= 0.6 is 0 Å². The number of hydrogen-bond acceptors (Lipinski definition) is 5. The van der Waals surface area contributed by atoms with Gasteiger partial charge in [0.15, 0.2) is 5.76 Å². The van der Waals surface area contributed by atoms with E-state index in [1.807, 2.05) is 6.92 Å². The molecule has 0 bridgehead atoms. The zero-order valence-corrected chi connectivity index (χ0v) is 19.8. The molecule has 5 nitrogen and oxygen atoms in total. The van der Waals surface area contributed by atoms with Gasteiger partial charge in [0.1, 0.15) is 6.10 Å². The SMILES string of the molecule is C=C[C@@H](O)[C@@H](C)C(C#CCC)[C@@H]1[C@@H]2[C@H](C[C@H]1O)OC(=CCCCC(=O)[O-])C2(F)F.[Na+]. The average molecular weight is 434 g/mol. The summed E-state index contributed by atoms with van der Waals surface area (Å²) in [6.07, 6.45) is 0.458. The molecule has 1 saturated carbocycles. The number of carboxylic acids is 1. The van der Waals surface area contributed by atoms with Gasteiger partial charge in [0, 0.05) is 30.6 Å². The third-order valence-electron chi connectivity index (χ3n) is 5.88. The Morgan fingerprint density at radius 1 is 1.50 bits per heavy atom. The molecule has 2 fully saturated rings. The summed E-state index contributed by atoms with van der Waals surface area (Å²) < 4.78 is 36.0. The number of allylic oxidation sites excluding steroid dienone is 2. The third-order valence-corrected chi connectivity index (χ3v) is 5.88. The quantitative estimate of drug-likeness (QED) is 0.222. The fourth-order valence-electron chi connectivity index (χ4n) is 4.38. The summed E-state index contributed by atoms with van der Waals surface area (Å²) in [6, 6.07) is 0. The topological polar surface area (TPSA) is 89.8 Å². The van der Waals surface area contributed by atoms with E-state index in [1.165, 1.54) is 12.2 Å². The van der Waals surface area contributed by atoms with E-state index < -0.39 is 59.6 Å². The standard InChI is InChI=1S/C22H30F2O5.Na/c1-4-6-9-14(13(3)15(25)5-2)20-16(26)12-17-21(20)22(23,24)18(29-17)10-7-8-11-19(27)28;/h5,10,13-17,20-21,25-26H,2,4,7-8,11-12H2,1,3H3,(H,27,28);/q;+1/p-1/t13-,14?,15+,16+,17-,20-,21-;/m0./s1. The molecular formula is C22H29F2NaO5. The van der Waals surface area contributed by atoms with E-state index >= 15 is 8.78 Å². The molecule has 1 aliphatic heterocycles. The summed E-state index contributed by atoms with van der Waals surface area (Å²) in [6.45, 7) is 7.12. The number of aliphatic hydroxyl groups excluding tert-OH is 2. The molecule has 2 N–H and O–H groups in total. The monoisotopic (exact) mass is 434 g/mol. The van der Waals surface area contributed by atoms with Crippen LogP contribution < -0.4 is 34.7 Å². The number of alkyl halides is 2. The van der Waals surface area contributed by atoms with Crippen molar-refractivity contribution in [1.29, 1.82) is 0 Å². The molecule has 0 radical (unpaired) electrons. The van der Waals surface area contributed by atoms with Crippen molar-refractivity contribution in [3.05, 3.63) is 24.5 Å². The second-order valence-corrected chi connectivity index (χ2v) is 7.80. The maximum atomic E-state index is 15.2. The van der Waals surface area contributed by atoms with Crippen LogP contribution in [0.1, 0.15) is 46.0 Å². The fraction of sp³-hybridized carbons (Fsp3) is 0.682. The van der Waals surface area contributed by atoms with Gasteiger partial charge < -0.3 is 24.9 Å². The number of ether oxygens (including phenoxy) is 1. The zero-order chi connectivity index (χ0) is 21.8. The van der Waals surface area contributed by atoms with Crippen molar-refractivity contribution in [3.63, 3.8) is 0 Å². The van der Waals surface area contributed by atoms with Gasteiger partial charge >= 0.3 is 35.5 Å². The van der Waals surface area contributed by atoms with Crippen molar-refractivity contribution in [3.8, 4) is 11.8 Å². The fourth-order valence-corrected chi connectivity index (χ4v) is 4.38. The second kappa shape index (κ2) is 11.6. The molecular weight excluding hydrogens is 405 g/mol. The van der Waals surface area contributed by atoms with Crippen LogP contribution in [0.4, 0.5) is 8.78 Å². The Bertz CT molecular complexity index is 699. The van der Waals surface area contributed by atoms with Gasteiger partial charge in [0.05, 0.1) is 18.1 Å².